The SMILES string of the molecule is Cc1cc(C)n2ncc(C(=O)N3CCN(c4ccccc4Cl)CC3)c2n1. The van der Waals surface area contributed by atoms with Crippen LogP contribution < -0.4 is 4.90 Å². The first kappa shape index (κ1) is 16.8. The topological polar surface area (TPSA) is 53.7 Å². The fourth-order valence-electron chi connectivity index (χ4n) is 3.45. The van der Waals surface area contributed by atoms with E-state index < -0.39 is 0 Å². The molecule has 0 spiro atoms. The highest BCUT2D eigenvalue weighted by molar-refractivity contribution is 6.33. The first-order valence-electron chi connectivity index (χ1n) is 8.65. The number of anilines is 1. The number of nitrogens with zero attached hydrogens (tertiary/aromatic N) is 5. The van der Waals surface area contributed by atoms with Crippen LogP contribution in [-0.2, 0) is 0 Å². The third kappa shape index (κ3) is 2.90. The van der Waals surface area contributed by atoms with Crippen LogP contribution in [-0.4, -0.2) is 51.6 Å². The van der Waals surface area contributed by atoms with Gasteiger partial charge in [0, 0.05) is 37.6 Å². The van der Waals surface area contributed by atoms with Crippen LogP contribution in [0.25, 0.3) is 5.65 Å². The molecule has 4 rings (SSSR count). The minimum Gasteiger partial charge on any atom is -0.367 e. The smallest absolute Gasteiger partial charge is 0.259 e. The van der Waals surface area contributed by atoms with Crippen molar-refractivity contribution in [3.8, 4) is 0 Å². The Morgan fingerprint density at radius 2 is 1.85 bits per heavy atom. The monoisotopic (exact) mass is 369 g/mol. The van der Waals surface area contributed by atoms with E-state index in [0.717, 1.165) is 35.2 Å². The summed E-state index contributed by atoms with van der Waals surface area (Å²) in [6.07, 6.45) is 1.62. The summed E-state index contributed by atoms with van der Waals surface area (Å²) in [5.41, 5.74) is 4.05. The summed E-state index contributed by atoms with van der Waals surface area (Å²) in [6, 6.07) is 9.77. The lowest BCUT2D eigenvalue weighted by molar-refractivity contribution is 0.0748. The summed E-state index contributed by atoms with van der Waals surface area (Å²) >= 11 is 6.29. The summed E-state index contributed by atoms with van der Waals surface area (Å²) in [5.74, 6) is -0.0173. The number of aromatic nitrogens is 3. The lowest BCUT2D eigenvalue weighted by Gasteiger charge is -2.36. The third-order valence-corrected chi connectivity index (χ3v) is 5.09. The lowest BCUT2D eigenvalue weighted by atomic mass is 10.2. The molecule has 1 amide bonds. The number of carbonyl (C=O) groups is 1. The Balaban J connectivity index is 1.53. The number of fused-ring (bicyclic) bond motifs is 1. The Kier molecular flexibility index (Phi) is 4.28. The number of para-hydroxylation sites is 1. The van der Waals surface area contributed by atoms with Crippen LogP contribution in [0.3, 0.4) is 0 Å². The van der Waals surface area contributed by atoms with E-state index in [-0.39, 0.29) is 5.91 Å². The minimum atomic E-state index is -0.0173. The third-order valence-electron chi connectivity index (χ3n) is 4.77. The van der Waals surface area contributed by atoms with Crippen LogP contribution in [0.4, 0.5) is 5.69 Å². The molecule has 26 heavy (non-hydrogen) atoms. The van der Waals surface area contributed by atoms with E-state index in [1.807, 2.05) is 49.1 Å². The molecule has 1 aromatic carbocycles. The summed E-state index contributed by atoms with van der Waals surface area (Å²) in [7, 11) is 0. The van der Waals surface area contributed by atoms with Gasteiger partial charge in [-0.1, -0.05) is 23.7 Å². The van der Waals surface area contributed by atoms with Gasteiger partial charge in [-0.25, -0.2) is 9.50 Å². The maximum Gasteiger partial charge on any atom is 0.259 e. The molecule has 1 saturated heterocycles. The number of halogens is 1. The van der Waals surface area contributed by atoms with Gasteiger partial charge in [-0.2, -0.15) is 5.10 Å². The largest absolute Gasteiger partial charge is 0.367 e. The minimum absolute atomic E-state index is 0.0173. The molecular weight excluding hydrogens is 350 g/mol. The number of aryl methyl sites for hydroxylation is 2. The molecule has 0 unspecified atom stereocenters. The molecular formula is C19H20ClN5O. The van der Waals surface area contributed by atoms with Crippen LogP contribution in [0.15, 0.2) is 36.5 Å². The van der Waals surface area contributed by atoms with Gasteiger partial charge in [0.15, 0.2) is 5.65 Å². The Hall–Kier alpha value is -2.60. The van der Waals surface area contributed by atoms with Gasteiger partial charge in [-0.15, -0.1) is 0 Å². The van der Waals surface area contributed by atoms with Gasteiger partial charge in [0.2, 0.25) is 0 Å². The first-order valence-corrected chi connectivity index (χ1v) is 9.03. The molecule has 3 heterocycles. The molecule has 0 saturated carbocycles. The Morgan fingerprint density at radius 1 is 1.12 bits per heavy atom. The highest BCUT2D eigenvalue weighted by Crippen LogP contribution is 2.26. The fraction of sp³-hybridized carbons (Fsp3) is 0.316. The predicted molar refractivity (Wildman–Crippen MR) is 102 cm³/mol. The molecule has 0 aliphatic carbocycles. The first-order chi connectivity index (χ1) is 12.5. The maximum atomic E-state index is 13.0. The highest BCUT2D eigenvalue weighted by Gasteiger charge is 2.26. The average molecular weight is 370 g/mol. The van der Waals surface area contributed by atoms with Crippen molar-refractivity contribution < 1.29 is 4.79 Å². The van der Waals surface area contributed by atoms with Crippen LogP contribution in [0.2, 0.25) is 5.02 Å². The quantitative estimate of drug-likeness (QED) is 0.697. The second-order valence-corrected chi connectivity index (χ2v) is 6.97. The van der Waals surface area contributed by atoms with Crippen LogP contribution >= 0.6 is 11.6 Å². The van der Waals surface area contributed by atoms with Gasteiger partial charge in [-0.05, 0) is 32.0 Å². The molecule has 134 valence electrons. The van der Waals surface area contributed by atoms with E-state index in [4.69, 9.17) is 11.6 Å². The molecule has 3 aromatic rings. The summed E-state index contributed by atoms with van der Waals surface area (Å²) in [5, 5.41) is 5.07. The molecule has 1 fully saturated rings. The van der Waals surface area contributed by atoms with Crippen molar-refractivity contribution in [1.82, 2.24) is 19.5 Å². The van der Waals surface area contributed by atoms with E-state index in [2.05, 4.69) is 15.0 Å². The van der Waals surface area contributed by atoms with Crippen molar-refractivity contribution in [2.45, 2.75) is 13.8 Å². The Bertz CT molecular complexity index is 975. The number of hydrogen-bond acceptors (Lipinski definition) is 4. The molecule has 6 nitrogen and oxygen atoms in total. The van der Waals surface area contributed by atoms with E-state index in [1.165, 1.54) is 0 Å². The molecule has 0 N–H and O–H groups in total. The van der Waals surface area contributed by atoms with Crippen LogP contribution in [0.1, 0.15) is 21.7 Å². The predicted octanol–water partition coefficient (Wildman–Crippen LogP) is 2.96. The van der Waals surface area contributed by atoms with Crippen molar-refractivity contribution >= 4 is 28.8 Å². The van der Waals surface area contributed by atoms with Crippen molar-refractivity contribution in [1.29, 1.82) is 0 Å². The van der Waals surface area contributed by atoms with Gasteiger partial charge in [0.1, 0.15) is 5.56 Å². The van der Waals surface area contributed by atoms with Crippen LogP contribution in [0.5, 0.6) is 0 Å². The number of hydrogen-bond donors (Lipinski definition) is 0. The van der Waals surface area contributed by atoms with Crippen molar-refractivity contribution in [2.24, 2.45) is 0 Å². The Labute approximate surface area is 157 Å². The van der Waals surface area contributed by atoms with Crippen molar-refractivity contribution in [2.75, 3.05) is 31.1 Å². The second kappa shape index (κ2) is 6.61. The molecule has 0 bridgehead atoms. The maximum absolute atomic E-state index is 13.0. The van der Waals surface area contributed by atoms with Gasteiger partial charge < -0.3 is 9.80 Å². The van der Waals surface area contributed by atoms with Gasteiger partial charge in [-0.3, -0.25) is 4.79 Å². The van der Waals surface area contributed by atoms with E-state index in [0.29, 0.717) is 24.3 Å². The molecule has 7 heteroatoms. The zero-order valence-electron chi connectivity index (χ0n) is 14.8. The highest BCUT2D eigenvalue weighted by atomic mass is 35.5. The number of carbonyl (C=O) groups excluding carboxylic acids is 1. The average Bonchev–Trinajstić information content (AvgIpc) is 3.06. The molecule has 1 aliphatic heterocycles. The van der Waals surface area contributed by atoms with E-state index >= 15 is 0 Å². The second-order valence-electron chi connectivity index (χ2n) is 6.56. The fourth-order valence-corrected chi connectivity index (χ4v) is 3.71. The van der Waals surface area contributed by atoms with Gasteiger partial charge >= 0.3 is 0 Å². The number of amides is 1. The zero-order chi connectivity index (χ0) is 18.3. The zero-order valence-corrected chi connectivity index (χ0v) is 15.6. The normalized spacial score (nSPS) is 14.9. The number of benzene rings is 1. The van der Waals surface area contributed by atoms with Crippen molar-refractivity contribution in [3.63, 3.8) is 0 Å². The summed E-state index contributed by atoms with van der Waals surface area (Å²) in [4.78, 5) is 21.6. The molecule has 1 aliphatic rings. The summed E-state index contributed by atoms with van der Waals surface area (Å²) < 4.78 is 1.72. The van der Waals surface area contributed by atoms with E-state index in [1.54, 1.807) is 10.7 Å². The lowest BCUT2D eigenvalue weighted by Crippen LogP contribution is -2.48. The van der Waals surface area contributed by atoms with Crippen LogP contribution in [0, 0.1) is 13.8 Å². The van der Waals surface area contributed by atoms with E-state index in [9.17, 15) is 4.79 Å². The molecule has 0 atom stereocenters. The Morgan fingerprint density at radius 3 is 2.58 bits per heavy atom. The van der Waals surface area contributed by atoms with Gasteiger partial charge in [0.05, 0.1) is 16.9 Å². The standard InChI is InChI=1S/C19H20ClN5O/c1-13-11-14(2)25-18(22-13)15(12-21-25)19(26)24-9-7-23(8-10-24)17-6-4-3-5-16(17)20/h3-6,11-12H,7-10H2,1-2H3. The number of rotatable bonds is 2. The summed E-state index contributed by atoms with van der Waals surface area (Å²) in [6.45, 7) is 6.68. The van der Waals surface area contributed by atoms with Gasteiger partial charge in [0.25, 0.3) is 5.91 Å². The molecule has 2 aromatic heterocycles. The number of piperazine rings is 1. The van der Waals surface area contributed by atoms with Crippen molar-refractivity contribution in [3.05, 3.63) is 58.5 Å². The molecule has 0 radical (unpaired) electrons.